The lowest BCUT2D eigenvalue weighted by atomic mass is 9.96. The van der Waals surface area contributed by atoms with Gasteiger partial charge < -0.3 is 15.0 Å². The van der Waals surface area contributed by atoms with Gasteiger partial charge in [-0.3, -0.25) is 14.3 Å². The number of halogens is 6. The quantitative estimate of drug-likeness (QED) is 0.227. The first-order chi connectivity index (χ1) is 20.8. The number of hydrogen-bond acceptors (Lipinski definition) is 4. The van der Waals surface area contributed by atoms with Crippen LogP contribution in [0.4, 0.5) is 26.3 Å². The molecule has 0 bridgehead atoms. The van der Waals surface area contributed by atoms with Crippen molar-refractivity contribution in [2.75, 3.05) is 19.6 Å². The number of rotatable bonds is 7. The fourth-order valence-corrected chi connectivity index (χ4v) is 5.18. The number of nitrogens with one attached hydrogen (secondary N) is 1. The van der Waals surface area contributed by atoms with Gasteiger partial charge in [-0.05, 0) is 91.9 Å². The summed E-state index contributed by atoms with van der Waals surface area (Å²) in [6.07, 6.45) is -5.67. The first kappa shape index (κ1) is 30.9. The van der Waals surface area contributed by atoms with E-state index in [-0.39, 0.29) is 23.1 Å². The molecule has 1 aliphatic heterocycles. The van der Waals surface area contributed by atoms with Crippen LogP contribution in [0.2, 0.25) is 0 Å². The third-order valence-corrected chi connectivity index (χ3v) is 7.57. The molecule has 0 aliphatic carbocycles. The fourth-order valence-electron chi connectivity index (χ4n) is 5.18. The molecule has 3 aromatic carbocycles. The zero-order chi connectivity index (χ0) is 31.6. The Morgan fingerprint density at radius 3 is 2.11 bits per heavy atom. The Balaban J connectivity index is 1.14. The monoisotopic (exact) mass is 618 g/mol. The number of fused-ring (bicyclic) bond motifs is 1. The third-order valence-electron chi connectivity index (χ3n) is 7.57. The molecule has 13 heteroatoms. The Morgan fingerprint density at radius 1 is 0.909 bits per heavy atom. The molecule has 0 spiro atoms. The van der Waals surface area contributed by atoms with Gasteiger partial charge in [0, 0.05) is 42.3 Å². The van der Waals surface area contributed by atoms with Crippen molar-refractivity contribution >= 4 is 22.7 Å². The van der Waals surface area contributed by atoms with Crippen LogP contribution < -0.4 is 10.1 Å². The molecule has 5 rings (SSSR count). The van der Waals surface area contributed by atoms with Crippen LogP contribution in [0.15, 0.2) is 66.9 Å². The summed E-state index contributed by atoms with van der Waals surface area (Å²) in [6.45, 7) is 1.93. The van der Waals surface area contributed by atoms with Gasteiger partial charge in [0.15, 0.2) is 0 Å². The number of likely N-dealkylation sites (tertiary alicyclic amines) is 1. The van der Waals surface area contributed by atoms with Crippen molar-refractivity contribution in [3.63, 3.8) is 0 Å². The summed E-state index contributed by atoms with van der Waals surface area (Å²) >= 11 is 0. The number of aryl methyl sites for hydroxylation is 1. The van der Waals surface area contributed by atoms with E-state index in [9.17, 15) is 35.9 Å². The predicted molar refractivity (Wildman–Crippen MR) is 149 cm³/mol. The molecule has 1 aromatic heterocycles. The number of ether oxygens (including phenoxy) is 1. The molecule has 0 atom stereocenters. The van der Waals surface area contributed by atoms with Gasteiger partial charge in [-0.15, -0.1) is 0 Å². The molecule has 4 aromatic rings. The number of hydrogen-bond donors (Lipinski definition) is 1. The standard InChI is InChI=1S/C31H28F6N4O3/c1-19-25(28(42)38-18-30(32,33)34)10-11-27-26(19)17-41(39-27)16-20-12-14-40(15-13-20)29(43)21-2-6-23(7-3-21)44-24-8-4-22(5-9-24)31(35,36)37/h2-11,17,20H,12-16,18H2,1H3,(H,38,42). The molecule has 0 saturated carbocycles. The summed E-state index contributed by atoms with van der Waals surface area (Å²) in [5.74, 6) is -0.0703. The van der Waals surface area contributed by atoms with Crippen LogP contribution in [0.3, 0.4) is 0 Å². The number of aromatic nitrogens is 2. The van der Waals surface area contributed by atoms with Crippen LogP contribution >= 0.6 is 0 Å². The molecular formula is C31H28F6N4O3. The maximum Gasteiger partial charge on any atom is 0.416 e. The van der Waals surface area contributed by atoms with E-state index in [1.54, 1.807) is 53.0 Å². The second kappa shape index (κ2) is 12.2. The van der Waals surface area contributed by atoms with Gasteiger partial charge in [0.05, 0.1) is 11.1 Å². The third kappa shape index (κ3) is 7.32. The maximum absolute atomic E-state index is 13.1. The van der Waals surface area contributed by atoms with E-state index in [1.165, 1.54) is 18.2 Å². The minimum absolute atomic E-state index is 0.138. The van der Waals surface area contributed by atoms with E-state index in [1.807, 2.05) is 5.32 Å². The highest BCUT2D eigenvalue weighted by Crippen LogP contribution is 2.32. The minimum atomic E-state index is -4.50. The Kier molecular flexibility index (Phi) is 8.57. The van der Waals surface area contributed by atoms with E-state index < -0.39 is 30.4 Å². The number of benzene rings is 3. The van der Waals surface area contributed by atoms with Gasteiger partial charge in [0.1, 0.15) is 18.0 Å². The van der Waals surface area contributed by atoms with E-state index in [2.05, 4.69) is 5.10 Å². The lowest BCUT2D eigenvalue weighted by molar-refractivity contribution is -0.137. The number of carbonyl (C=O) groups excluding carboxylic acids is 2. The number of carbonyl (C=O) groups is 2. The van der Waals surface area contributed by atoms with Gasteiger partial charge in [0.25, 0.3) is 11.8 Å². The summed E-state index contributed by atoms with van der Waals surface area (Å²) in [5.41, 5.74) is 1.03. The van der Waals surface area contributed by atoms with E-state index in [4.69, 9.17) is 4.74 Å². The largest absolute Gasteiger partial charge is 0.457 e. The first-order valence-electron chi connectivity index (χ1n) is 13.8. The van der Waals surface area contributed by atoms with Gasteiger partial charge in [-0.25, -0.2) is 0 Å². The number of alkyl halides is 6. The predicted octanol–water partition coefficient (Wildman–Crippen LogP) is 7.00. The Morgan fingerprint density at radius 2 is 1.52 bits per heavy atom. The summed E-state index contributed by atoms with van der Waals surface area (Å²) in [6, 6.07) is 13.8. The molecule has 1 N–H and O–H groups in total. The molecule has 1 fully saturated rings. The van der Waals surface area contributed by atoms with Gasteiger partial charge >= 0.3 is 12.4 Å². The highest BCUT2D eigenvalue weighted by molar-refractivity contribution is 6.00. The lowest BCUT2D eigenvalue weighted by Crippen LogP contribution is -2.39. The summed E-state index contributed by atoms with van der Waals surface area (Å²) in [7, 11) is 0. The number of piperidine rings is 1. The van der Waals surface area contributed by atoms with Gasteiger partial charge in [0.2, 0.25) is 0 Å². The number of nitrogens with zero attached hydrogens (tertiary/aromatic N) is 3. The molecule has 1 aliphatic rings. The molecule has 2 heterocycles. The van der Waals surface area contributed by atoms with Crippen molar-refractivity contribution in [2.24, 2.45) is 5.92 Å². The maximum atomic E-state index is 13.1. The second-order valence-electron chi connectivity index (χ2n) is 10.7. The smallest absolute Gasteiger partial charge is 0.416 e. The van der Waals surface area contributed by atoms with Crippen molar-refractivity contribution in [2.45, 2.75) is 38.7 Å². The number of amides is 2. The molecule has 0 radical (unpaired) electrons. The van der Waals surface area contributed by atoms with E-state index >= 15 is 0 Å². The molecule has 44 heavy (non-hydrogen) atoms. The Bertz CT molecular complexity index is 1640. The molecule has 7 nitrogen and oxygen atoms in total. The molecular weight excluding hydrogens is 590 g/mol. The summed E-state index contributed by atoms with van der Waals surface area (Å²) in [5, 5.41) is 7.15. The van der Waals surface area contributed by atoms with Crippen molar-refractivity contribution in [1.82, 2.24) is 20.0 Å². The van der Waals surface area contributed by atoms with Crippen LogP contribution in [0, 0.1) is 12.8 Å². The highest BCUT2D eigenvalue weighted by Gasteiger charge is 2.30. The average Bonchev–Trinajstić information content (AvgIpc) is 3.39. The van der Waals surface area contributed by atoms with Gasteiger partial charge in [-0.2, -0.15) is 31.4 Å². The normalized spacial score (nSPS) is 14.6. The average molecular weight is 619 g/mol. The molecule has 0 unspecified atom stereocenters. The van der Waals surface area contributed by atoms with Crippen molar-refractivity contribution < 1.29 is 40.7 Å². The molecule has 2 amide bonds. The Hall–Kier alpha value is -4.55. The van der Waals surface area contributed by atoms with Crippen LogP contribution in [0.25, 0.3) is 10.9 Å². The van der Waals surface area contributed by atoms with Gasteiger partial charge in [-0.1, -0.05) is 0 Å². The van der Waals surface area contributed by atoms with E-state index in [0.29, 0.717) is 47.4 Å². The fraction of sp³-hybridized carbons (Fsp3) is 0.323. The lowest BCUT2D eigenvalue weighted by Gasteiger charge is -2.32. The van der Waals surface area contributed by atoms with Crippen molar-refractivity contribution in [1.29, 1.82) is 0 Å². The zero-order valence-corrected chi connectivity index (χ0v) is 23.5. The summed E-state index contributed by atoms with van der Waals surface area (Å²) < 4.78 is 83.2. The Labute approximate surface area is 248 Å². The molecule has 232 valence electrons. The summed E-state index contributed by atoms with van der Waals surface area (Å²) in [4.78, 5) is 27.1. The highest BCUT2D eigenvalue weighted by atomic mass is 19.4. The van der Waals surface area contributed by atoms with Crippen LogP contribution in [-0.4, -0.2) is 52.3 Å². The second-order valence-corrected chi connectivity index (χ2v) is 10.7. The van der Waals surface area contributed by atoms with Crippen molar-refractivity contribution in [3.05, 3.63) is 89.1 Å². The SMILES string of the molecule is Cc1c(C(=O)NCC(F)(F)F)ccc2nn(CC3CCN(C(=O)c4ccc(Oc5ccc(C(F)(F)F)cc5)cc4)CC3)cc12. The minimum Gasteiger partial charge on any atom is -0.457 e. The molecule has 1 saturated heterocycles. The topological polar surface area (TPSA) is 76.5 Å². The van der Waals surface area contributed by atoms with Crippen molar-refractivity contribution in [3.8, 4) is 11.5 Å². The van der Waals surface area contributed by atoms with Crippen LogP contribution in [0.5, 0.6) is 11.5 Å². The first-order valence-corrected chi connectivity index (χ1v) is 13.8. The van der Waals surface area contributed by atoms with Crippen LogP contribution in [-0.2, 0) is 12.7 Å². The zero-order valence-electron chi connectivity index (χ0n) is 23.5. The van der Waals surface area contributed by atoms with E-state index in [0.717, 1.165) is 25.0 Å². The van der Waals surface area contributed by atoms with Crippen LogP contribution in [0.1, 0.15) is 44.7 Å².